The average Bonchev–Trinajstić information content (AvgIpc) is 3.61. The highest BCUT2D eigenvalue weighted by atomic mass is 16.5. The molecular weight excluding hydrogens is 530 g/mol. The molecule has 5 aromatic rings. The lowest BCUT2D eigenvalue weighted by Crippen LogP contribution is -2.48. The number of benzene rings is 2. The number of carbonyl (C=O) groups is 1. The van der Waals surface area contributed by atoms with E-state index in [2.05, 4.69) is 18.2 Å². The molecule has 2 aliphatic rings. The third kappa shape index (κ3) is 4.51. The van der Waals surface area contributed by atoms with Gasteiger partial charge < -0.3 is 19.5 Å². The minimum Gasteiger partial charge on any atom is -0.497 e. The molecule has 2 aromatic carbocycles. The van der Waals surface area contributed by atoms with E-state index in [4.69, 9.17) is 24.5 Å². The van der Waals surface area contributed by atoms with Crippen LogP contribution in [0, 0.1) is 0 Å². The highest BCUT2D eigenvalue weighted by Gasteiger charge is 2.32. The first-order valence-corrected chi connectivity index (χ1v) is 14.2. The van der Waals surface area contributed by atoms with E-state index in [1.54, 1.807) is 14.2 Å². The van der Waals surface area contributed by atoms with Crippen LogP contribution in [0.4, 0.5) is 4.79 Å². The van der Waals surface area contributed by atoms with E-state index in [0.717, 1.165) is 69.8 Å². The number of likely N-dealkylation sites (tertiary alicyclic amines) is 1. The van der Waals surface area contributed by atoms with E-state index in [-0.39, 0.29) is 5.92 Å². The molecule has 0 unspecified atom stereocenters. The van der Waals surface area contributed by atoms with Gasteiger partial charge in [-0.1, -0.05) is 30.3 Å². The number of methoxy groups -OCH3 is 2. The predicted molar refractivity (Wildman–Crippen MR) is 159 cm³/mol. The fraction of sp³-hybridized carbons (Fsp3) is 0.273. The number of hydrogen-bond acceptors (Lipinski definition) is 6. The van der Waals surface area contributed by atoms with Crippen molar-refractivity contribution >= 4 is 17.1 Å². The molecule has 9 heteroatoms. The molecule has 4 heterocycles. The standard InChI is InChI=1S/C33H31N5O4/c1-41-24-12-9-20(10-13-24)17-38-28-15-29(42-2)31(26-8-4-6-21-5-3-7-25(21)26)35-32(28)30(36-38)22-11-14-27(34-16-22)23-18-37(19-23)33(39)40/h4,6,8-16,23H,3,5,7,17-19H2,1-2H3,(H,39,40). The lowest BCUT2D eigenvalue weighted by molar-refractivity contribution is 0.104. The minimum absolute atomic E-state index is 0.105. The molecule has 0 bridgehead atoms. The molecule has 1 amide bonds. The maximum Gasteiger partial charge on any atom is 0.407 e. The first kappa shape index (κ1) is 26.0. The van der Waals surface area contributed by atoms with Crippen LogP contribution >= 0.6 is 0 Å². The van der Waals surface area contributed by atoms with Gasteiger partial charge in [-0.05, 0) is 60.2 Å². The van der Waals surface area contributed by atoms with Crippen molar-refractivity contribution in [3.8, 4) is 34.0 Å². The van der Waals surface area contributed by atoms with Crippen LogP contribution in [0.3, 0.4) is 0 Å². The van der Waals surface area contributed by atoms with Crippen LogP contribution in [0.15, 0.2) is 66.9 Å². The second-order valence-corrected chi connectivity index (χ2v) is 10.9. The van der Waals surface area contributed by atoms with E-state index < -0.39 is 6.09 Å². The average molecular weight is 562 g/mol. The number of nitrogens with zero attached hydrogens (tertiary/aromatic N) is 5. The summed E-state index contributed by atoms with van der Waals surface area (Å²) in [6.45, 7) is 1.48. The molecule has 1 N–H and O–H groups in total. The number of pyridine rings is 2. The number of carboxylic acid groups (broad SMARTS) is 1. The first-order valence-electron chi connectivity index (χ1n) is 14.2. The predicted octanol–water partition coefficient (Wildman–Crippen LogP) is 5.79. The van der Waals surface area contributed by atoms with Gasteiger partial charge in [0.05, 0.1) is 26.3 Å². The van der Waals surface area contributed by atoms with Gasteiger partial charge in [-0.3, -0.25) is 9.67 Å². The highest BCUT2D eigenvalue weighted by molar-refractivity contribution is 5.93. The van der Waals surface area contributed by atoms with E-state index in [9.17, 15) is 9.90 Å². The van der Waals surface area contributed by atoms with Crippen molar-refractivity contribution in [2.24, 2.45) is 0 Å². The Hall–Kier alpha value is -4.92. The Bertz CT molecular complexity index is 1790. The molecule has 0 saturated carbocycles. The fourth-order valence-corrected chi connectivity index (χ4v) is 6.10. The zero-order valence-corrected chi connectivity index (χ0v) is 23.6. The van der Waals surface area contributed by atoms with Gasteiger partial charge in [0.15, 0.2) is 0 Å². The van der Waals surface area contributed by atoms with Crippen molar-refractivity contribution in [2.75, 3.05) is 27.3 Å². The molecule has 1 aliphatic carbocycles. The quantitative estimate of drug-likeness (QED) is 0.268. The molecular formula is C33H31N5O4. The second kappa shape index (κ2) is 10.5. The summed E-state index contributed by atoms with van der Waals surface area (Å²) >= 11 is 0. The van der Waals surface area contributed by atoms with Crippen LogP contribution in [-0.2, 0) is 19.4 Å². The van der Waals surface area contributed by atoms with Crippen LogP contribution in [0.5, 0.6) is 11.5 Å². The highest BCUT2D eigenvalue weighted by Crippen LogP contribution is 2.39. The van der Waals surface area contributed by atoms with Gasteiger partial charge in [0, 0.05) is 48.1 Å². The van der Waals surface area contributed by atoms with Crippen LogP contribution < -0.4 is 9.47 Å². The number of aromatic nitrogens is 4. The van der Waals surface area contributed by atoms with Crippen LogP contribution in [0.25, 0.3) is 33.5 Å². The third-order valence-electron chi connectivity index (χ3n) is 8.43. The molecule has 1 saturated heterocycles. The summed E-state index contributed by atoms with van der Waals surface area (Å²) in [6.07, 6.45) is 4.19. The molecule has 0 atom stereocenters. The summed E-state index contributed by atoms with van der Waals surface area (Å²) in [5.41, 5.74) is 9.87. The molecule has 3 aromatic heterocycles. The Labute approximate surface area is 243 Å². The minimum atomic E-state index is -0.891. The lowest BCUT2D eigenvalue weighted by Gasteiger charge is -2.36. The van der Waals surface area contributed by atoms with Crippen molar-refractivity contribution in [1.82, 2.24) is 24.6 Å². The van der Waals surface area contributed by atoms with Crippen molar-refractivity contribution in [2.45, 2.75) is 31.7 Å². The van der Waals surface area contributed by atoms with Crippen molar-refractivity contribution in [3.05, 3.63) is 89.2 Å². The van der Waals surface area contributed by atoms with E-state index in [1.807, 2.05) is 53.3 Å². The Morgan fingerprint density at radius 3 is 2.55 bits per heavy atom. The van der Waals surface area contributed by atoms with Gasteiger partial charge in [0.25, 0.3) is 0 Å². The zero-order valence-electron chi connectivity index (χ0n) is 23.6. The van der Waals surface area contributed by atoms with Gasteiger partial charge >= 0.3 is 6.09 Å². The molecule has 9 nitrogen and oxygen atoms in total. The molecule has 212 valence electrons. The maximum absolute atomic E-state index is 11.2. The Morgan fingerprint density at radius 2 is 1.83 bits per heavy atom. The molecule has 42 heavy (non-hydrogen) atoms. The fourth-order valence-electron chi connectivity index (χ4n) is 6.10. The Balaban J connectivity index is 1.33. The smallest absolute Gasteiger partial charge is 0.407 e. The van der Waals surface area contributed by atoms with E-state index in [0.29, 0.717) is 25.4 Å². The summed E-state index contributed by atoms with van der Waals surface area (Å²) in [5, 5.41) is 14.3. The summed E-state index contributed by atoms with van der Waals surface area (Å²) in [5.74, 6) is 1.62. The van der Waals surface area contributed by atoms with Gasteiger partial charge in [-0.2, -0.15) is 5.10 Å². The van der Waals surface area contributed by atoms with Crippen LogP contribution in [-0.4, -0.2) is 63.2 Å². The molecule has 0 radical (unpaired) electrons. The number of amides is 1. The molecule has 1 aliphatic heterocycles. The SMILES string of the molecule is COc1ccc(Cn2nc(-c3ccc(C4CN(C(=O)O)C4)nc3)c3nc(-c4cccc5c4CCC5)c(OC)cc32)cc1. The summed E-state index contributed by atoms with van der Waals surface area (Å²) in [4.78, 5) is 22.6. The van der Waals surface area contributed by atoms with Crippen molar-refractivity contribution in [1.29, 1.82) is 0 Å². The van der Waals surface area contributed by atoms with Crippen molar-refractivity contribution in [3.63, 3.8) is 0 Å². The second-order valence-electron chi connectivity index (χ2n) is 10.9. The molecule has 0 spiro atoms. The van der Waals surface area contributed by atoms with Crippen LogP contribution in [0.2, 0.25) is 0 Å². The Morgan fingerprint density at radius 1 is 1.00 bits per heavy atom. The summed E-state index contributed by atoms with van der Waals surface area (Å²) in [6, 6.07) is 20.4. The number of rotatable bonds is 7. The van der Waals surface area contributed by atoms with E-state index in [1.165, 1.54) is 16.0 Å². The van der Waals surface area contributed by atoms with Crippen molar-refractivity contribution < 1.29 is 19.4 Å². The van der Waals surface area contributed by atoms with E-state index >= 15 is 0 Å². The van der Waals surface area contributed by atoms with Gasteiger partial charge in [0.1, 0.15) is 28.4 Å². The van der Waals surface area contributed by atoms with Gasteiger partial charge in [-0.15, -0.1) is 0 Å². The lowest BCUT2D eigenvalue weighted by atomic mass is 9.96. The third-order valence-corrected chi connectivity index (χ3v) is 8.43. The number of hydrogen-bond donors (Lipinski definition) is 1. The largest absolute Gasteiger partial charge is 0.497 e. The zero-order chi connectivity index (χ0) is 28.8. The normalized spacial score (nSPS) is 14.6. The monoisotopic (exact) mass is 561 g/mol. The summed E-state index contributed by atoms with van der Waals surface area (Å²) in [7, 11) is 3.35. The number of fused-ring (bicyclic) bond motifs is 2. The maximum atomic E-state index is 11.2. The van der Waals surface area contributed by atoms with Crippen LogP contribution in [0.1, 0.15) is 34.7 Å². The topological polar surface area (TPSA) is 103 Å². The number of aryl methyl sites for hydroxylation is 1. The molecule has 7 rings (SSSR count). The Kier molecular flexibility index (Phi) is 6.49. The number of ether oxygens (including phenoxy) is 2. The van der Waals surface area contributed by atoms with Gasteiger partial charge in [-0.25, -0.2) is 9.78 Å². The van der Waals surface area contributed by atoms with Gasteiger partial charge in [0.2, 0.25) is 0 Å². The molecule has 1 fully saturated rings. The first-order chi connectivity index (χ1) is 20.5. The summed E-state index contributed by atoms with van der Waals surface area (Å²) < 4.78 is 13.2.